The molecule has 0 aromatic heterocycles. The molecule has 0 saturated carbocycles. The smallest absolute Gasteiger partial charge is 0.235 e. The number of halogens is 1. The predicted octanol–water partition coefficient (Wildman–Crippen LogP) is 1.31. The van der Waals surface area contributed by atoms with Crippen LogP contribution in [-0.2, 0) is 10.0 Å². The first kappa shape index (κ1) is 8.52. The van der Waals surface area contributed by atoms with Crippen molar-refractivity contribution < 1.29 is 8.42 Å². The van der Waals surface area contributed by atoms with Crippen molar-refractivity contribution in [2.24, 2.45) is 4.99 Å². The van der Waals surface area contributed by atoms with E-state index in [1.165, 1.54) is 6.07 Å². The Morgan fingerprint density at radius 1 is 1.31 bits per heavy atom. The van der Waals surface area contributed by atoms with Crippen LogP contribution in [0.25, 0.3) is 0 Å². The van der Waals surface area contributed by atoms with Gasteiger partial charge in [0.1, 0.15) is 11.2 Å². The average molecular weight is 216 g/mol. The lowest BCUT2D eigenvalue weighted by Gasteiger charge is -2.09. The van der Waals surface area contributed by atoms with Gasteiger partial charge in [-0.25, -0.2) is 4.99 Å². The molecule has 0 saturated heterocycles. The maximum absolute atomic E-state index is 11.3. The number of rotatable bonds is 0. The maximum atomic E-state index is 11.3. The van der Waals surface area contributed by atoms with Crippen molar-refractivity contribution in [3.8, 4) is 0 Å². The minimum absolute atomic E-state index is 0.0579. The van der Waals surface area contributed by atoms with Crippen molar-refractivity contribution >= 4 is 33.7 Å². The first-order valence-corrected chi connectivity index (χ1v) is 5.21. The number of fused-ring (bicyclic) bond motifs is 1. The molecule has 2 rings (SSSR count). The van der Waals surface area contributed by atoms with Crippen molar-refractivity contribution in [1.82, 2.24) is 4.72 Å². The van der Waals surface area contributed by atoms with Gasteiger partial charge in [-0.1, -0.05) is 11.6 Å². The van der Waals surface area contributed by atoms with Crippen LogP contribution in [0.2, 0.25) is 5.02 Å². The predicted molar refractivity (Wildman–Crippen MR) is 48.9 cm³/mol. The Kier molecular flexibility index (Phi) is 1.78. The van der Waals surface area contributed by atoms with Gasteiger partial charge in [0.15, 0.2) is 0 Å². The van der Waals surface area contributed by atoms with E-state index in [4.69, 9.17) is 11.6 Å². The molecule has 1 heterocycles. The molecule has 0 bridgehead atoms. The normalized spacial score (nSPS) is 17.6. The van der Waals surface area contributed by atoms with E-state index in [0.717, 1.165) is 6.34 Å². The van der Waals surface area contributed by atoms with Gasteiger partial charge in [-0.3, -0.25) is 0 Å². The summed E-state index contributed by atoms with van der Waals surface area (Å²) in [6, 6.07) is 4.46. The fraction of sp³-hybridized carbons (Fsp3) is 0. The number of hydrogen-bond donors (Lipinski definition) is 0. The van der Waals surface area contributed by atoms with E-state index in [1.807, 2.05) is 0 Å². The minimum Gasteiger partial charge on any atom is -0.235 e. The SMILES string of the molecule is O=S1(=O)[N]C=Nc2ccc(Cl)cc21. The molecule has 1 aromatic carbocycles. The Balaban J connectivity index is 2.77. The molecule has 0 fully saturated rings. The van der Waals surface area contributed by atoms with Crippen molar-refractivity contribution in [1.29, 1.82) is 0 Å². The van der Waals surface area contributed by atoms with Crippen molar-refractivity contribution in [2.45, 2.75) is 4.90 Å². The van der Waals surface area contributed by atoms with Gasteiger partial charge in [0, 0.05) is 5.02 Å². The molecule has 1 aliphatic heterocycles. The topological polar surface area (TPSA) is 60.6 Å². The van der Waals surface area contributed by atoms with Crippen LogP contribution in [0.3, 0.4) is 0 Å². The number of sulfonamides is 1. The van der Waals surface area contributed by atoms with E-state index >= 15 is 0 Å². The molecule has 0 amide bonds. The Bertz CT molecular complexity index is 481. The molecule has 0 atom stereocenters. The second-order valence-corrected chi connectivity index (χ2v) is 4.47. The van der Waals surface area contributed by atoms with Gasteiger partial charge in [-0.2, -0.15) is 8.42 Å². The van der Waals surface area contributed by atoms with Crippen LogP contribution >= 0.6 is 11.6 Å². The maximum Gasteiger partial charge on any atom is 0.285 e. The summed E-state index contributed by atoms with van der Waals surface area (Å²) in [5.74, 6) is 0. The third-order valence-corrected chi connectivity index (χ3v) is 3.07. The van der Waals surface area contributed by atoms with E-state index in [0.29, 0.717) is 10.7 Å². The largest absolute Gasteiger partial charge is 0.285 e. The van der Waals surface area contributed by atoms with E-state index in [1.54, 1.807) is 12.1 Å². The standard InChI is InChI=1S/C7H4ClN2O2S/c8-5-1-2-6-7(3-5)13(11,12)10-4-9-6/h1-4H. The summed E-state index contributed by atoms with van der Waals surface area (Å²) in [6.07, 6.45) is 1.02. The van der Waals surface area contributed by atoms with Crippen LogP contribution in [0.1, 0.15) is 0 Å². The van der Waals surface area contributed by atoms with E-state index in [-0.39, 0.29) is 4.90 Å². The van der Waals surface area contributed by atoms with Gasteiger partial charge in [-0.05, 0) is 18.2 Å². The molecule has 1 radical (unpaired) electrons. The van der Waals surface area contributed by atoms with Crippen LogP contribution in [0.5, 0.6) is 0 Å². The van der Waals surface area contributed by atoms with Crippen LogP contribution in [0, 0.1) is 0 Å². The van der Waals surface area contributed by atoms with Gasteiger partial charge in [-0.15, -0.1) is 4.72 Å². The zero-order valence-corrected chi connectivity index (χ0v) is 7.88. The van der Waals surface area contributed by atoms with Gasteiger partial charge < -0.3 is 0 Å². The molecule has 0 spiro atoms. The van der Waals surface area contributed by atoms with Gasteiger partial charge in [0.25, 0.3) is 10.0 Å². The summed E-state index contributed by atoms with van der Waals surface area (Å²) >= 11 is 5.65. The van der Waals surface area contributed by atoms with E-state index in [2.05, 4.69) is 9.71 Å². The van der Waals surface area contributed by atoms with Crippen molar-refractivity contribution in [3.63, 3.8) is 0 Å². The number of benzene rings is 1. The minimum atomic E-state index is -3.57. The molecular weight excluding hydrogens is 212 g/mol. The summed E-state index contributed by atoms with van der Waals surface area (Å²) in [6.45, 7) is 0. The van der Waals surface area contributed by atoms with Crippen LogP contribution < -0.4 is 4.72 Å². The highest BCUT2D eigenvalue weighted by molar-refractivity contribution is 7.90. The summed E-state index contributed by atoms with van der Waals surface area (Å²) in [5, 5.41) is 0.356. The molecule has 0 aliphatic carbocycles. The molecule has 13 heavy (non-hydrogen) atoms. The Morgan fingerprint density at radius 2 is 2.08 bits per heavy atom. The zero-order chi connectivity index (χ0) is 9.47. The van der Waals surface area contributed by atoms with Crippen LogP contribution in [0.4, 0.5) is 5.69 Å². The Hall–Kier alpha value is -1.07. The second kappa shape index (κ2) is 2.71. The number of aliphatic imine (C=N–C) groups is 1. The van der Waals surface area contributed by atoms with Crippen molar-refractivity contribution in [3.05, 3.63) is 23.2 Å². The van der Waals surface area contributed by atoms with Crippen LogP contribution in [-0.4, -0.2) is 14.8 Å². The second-order valence-electron chi connectivity index (χ2n) is 2.44. The van der Waals surface area contributed by atoms with E-state index < -0.39 is 10.0 Å². The third-order valence-electron chi connectivity index (χ3n) is 1.58. The van der Waals surface area contributed by atoms with Gasteiger partial charge in [0.2, 0.25) is 0 Å². The summed E-state index contributed by atoms with van der Waals surface area (Å²) in [4.78, 5) is 3.86. The number of hydrogen-bond acceptors (Lipinski definition) is 3. The molecule has 6 heteroatoms. The lowest BCUT2D eigenvalue weighted by molar-refractivity contribution is 0.591. The highest BCUT2D eigenvalue weighted by Gasteiger charge is 2.22. The van der Waals surface area contributed by atoms with Crippen molar-refractivity contribution in [2.75, 3.05) is 0 Å². The van der Waals surface area contributed by atoms with Crippen LogP contribution in [0.15, 0.2) is 28.1 Å². The zero-order valence-electron chi connectivity index (χ0n) is 6.31. The van der Waals surface area contributed by atoms with E-state index in [9.17, 15) is 8.42 Å². The molecule has 0 unspecified atom stereocenters. The highest BCUT2D eigenvalue weighted by Crippen LogP contribution is 2.29. The Morgan fingerprint density at radius 3 is 2.85 bits per heavy atom. The lowest BCUT2D eigenvalue weighted by atomic mass is 10.3. The summed E-state index contributed by atoms with van der Waals surface area (Å²) < 4.78 is 25.9. The molecule has 4 nitrogen and oxygen atoms in total. The van der Waals surface area contributed by atoms with Gasteiger partial charge >= 0.3 is 0 Å². The lowest BCUT2D eigenvalue weighted by Crippen LogP contribution is -2.17. The monoisotopic (exact) mass is 215 g/mol. The third kappa shape index (κ3) is 1.40. The molecule has 0 N–H and O–H groups in total. The quantitative estimate of drug-likeness (QED) is 0.655. The van der Waals surface area contributed by atoms with Gasteiger partial charge in [0.05, 0.1) is 5.69 Å². The molecule has 1 aromatic rings. The molecular formula is C7H4ClN2O2S. The Labute approximate surface area is 80.3 Å². The first-order valence-electron chi connectivity index (χ1n) is 3.39. The summed E-state index contributed by atoms with van der Waals surface area (Å²) in [7, 11) is -3.57. The molecule has 67 valence electrons. The molecule has 1 aliphatic rings. The fourth-order valence-electron chi connectivity index (χ4n) is 1.01. The average Bonchev–Trinajstić information content (AvgIpc) is 2.06. The highest BCUT2D eigenvalue weighted by atomic mass is 35.5. The summed E-state index contributed by atoms with van der Waals surface area (Å²) in [5.41, 5.74) is 0.374. The first-order chi connectivity index (χ1) is 6.09. The fourth-order valence-corrected chi connectivity index (χ4v) is 2.19. The number of nitrogens with zero attached hydrogens (tertiary/aromatic N) is 2.